The van der Waals surface area contributed by atoms with Crippen LogP contribution in [0.3, 0.4) is 0 Å². The molecule has 0 bridgehead atoms. The van der Waals surface area contributed by atoms with Gasteiger partial charge in [0.15, 0.2) is 0 Å². The Morgan fingerprint density at radius 3 is 2.86 bits per heavy atom. The zero-order chi connectivity index (χ0) is 15.7. The molecule has 2 amide bonds. The third kappa shape index (κ3) is 2.83. The molecule has 0 saturated carbocycles. The summed E-state index contributed by atoms with van der Waals surface area (Å²) < 4.78 is 5.52. The summed E-state index contributed by atoms with van der Waals surface area (Å²) in [6.45, 7) is 2.51. The van der Waals surface area contributed by atoms with Crippen LogP contribution in [0.2, 0.25) is 5.02 Å². The number of amides is 2. The second-order valence-electron chi connectivity index (χ2n) is 6.20. The molecule has 1 unspecified atom stereocenters. The molecule has 0 N–H and O–H groups in total. The van der Waals surface area contributed by atoms with Gasteiger partial charge in [0, 0.05) is 32.1 Å². The van der Waals surface area contributed by atoms with Gasteiger partial charge in [0.1, 0.15) is 6.61 Å². The molecule has 2 aliphatic rings. The summed E-state index contributed by atoms with van der Waals surface area (Å²) in [5, 5.41) is 0.470. The lowest BCUT2D eigenvalue weighted by molar-refractivity contribution is -0.132. The first-order chi connectivity index (χ1) is 10.5. The van der Waals surface area contributed by atoms with E-state index < -0.39 is 0 Å². The van der Waals surface area contributed by atoms with Crippen molar-refractivity contribution in [1.82, 2.24) is 9.80 Å². The van der Waals surface area contributed by atoms with Crippen LogP contribution in [-0.2, 0) is 9.53 Å². The zero-order valence-corrected chi connectivity index (χ0v) is 13.3. The third-order valence-electron chi connectivity index (χ3n) is 4.46. The van der Waals surface area contributed by atoms with Crippen LogP contribution in [-0.4, -0.2) is 61.5 Å². The highest BCUT2D eigenvalue weighted by atomic mass is 35.5. The summed E-state index contributed by atoms with van der Waals surface area (Å²) in [4.78, 5) is 27.9. The molecule has 3 rings (SSSR count). The van der Waals surface area contributed by atoms with Crippen molar-refractivity contribution in [2.45, 2.75) is 6.42 Å². The minimum Gasteiger partial charge on any atom is -0.371 e. The lowest BCUT2D eigenvalue weighted by Gasteiger charge is -2.30. The first kappa shape index (κ1) is 15.3. The summed E-state index contributed by atoms with van der Waals surface area (Å²) in [5.74, 6) is -0.0616. The lowest BCUT2D eigenvalue weighted by atomic mass is 9.88. The number of likely N-dealkylation sites (N-methyl/N-ethyl adjacent to an activating group) is 1. The van der Waals surface area contributed by atoms with Gasteiger partial charge in [-0.3, -0.25) is 9.59 Å². The average Bonchev–Trinajstić information content (AvgIpc) is 2.84. The van der Waals surface area contributed by atoms with Crippen LogP contribution in [0.5, 0.6) is 0 Å². The molecule has 1 aromatic carbocycles. The van der Waals surface area contributed by atoms with Gasteiger partial charge in [-0.05, 0) is 18.6 Å². The van der Waals surface area contributed by atoms with Gasteiger partial charge in [0.2, 0.25) is 5.91 Å². The van der Waals surface area contributed by atoms with E-state index in [1.807, 2.05) is 17.0 Å². The predicted molar refractivity (Wildman–Crippen MR) is 82.9 cm³/mol. The molecule has 0 radical (unpaired) electrons. The molecule has 2 heterocycles. The summed E-state index contributed by atoms with van der Waals surface area (Å²) in [6.07, 6.45) is 0.834. The molecule has 1 spiro atoms. The number of benzene rings is 1. The van der Waals surface area contributed by atoms with Crippen molar-refractivity contribution in [3.8, 4) is 0 Å². The van der Waals surface area contributed by atoms with Crippen LogP contribution in [0.25, 0.3) is 0 Å². The topological polar surface area (TPSA) is 49.9 Å². The standard InChI is InChI=1S/C16H19ClN2O3/c1-18-9-16(11-22-8-14(18)20)6-7-19(10-16)15(21)12-4-2-3-5-13(12)17/h2-5H,6-11H2,1H3. The third-order valence-corrected chi connectivity index (χ3v) is 4.79. The Morgan fingerprint density at radius 1 is 1.32 bits per heavy atom. The van der Waals surface area contributed by atoms with Gasteiger partial charge in [-0.15, -0.1) is 0 Å². The van der Waals surface area contributed by atoms with E-state index in [1.54, 1.807) is 24.1 Å². The zero-order valence-electron chi connectivity index (χ0n) is 12.5. The van der Waals surface area contributed by atoms with Crippen molar-refractivity contribution in [2.75, 3.05) is 39.9 Å². The fourth-order valence-corrected chi connectivity index (χ4v) is 3.48. The number of rotatable bonds is 1. The lowest BCUT2D eigenvalue weighted by Crippen LogP contribution is -2.41. The van der Waals surface area contributed by atoms with Gasteiger partial charge in [-0.2, -0.15) is 0 Å². The van der Waals surface area contributed by atoms with Crippen molar-refractivity contribution in [2.24, 2.45) is 5.41 Å². The fraction of sp³-hybridized carbons (Fsp3) is 0.500. The minimum absolute atomic E-state index is 0.00671. The number of halogens is 1. The molecule has 2 fully saturated rings. The molecule has 0 aliphatic carbocycles. The highest BCUT2D eigenvalue weighted by Crippen LogP contribution is 2.34. The first-order valence-electron chi connectivity index (χ1n) is 7.36. The maximum Gasteiger partial charge on any atom is 0.255 e. The normalized spacial score (nSPS) is 25.6. The van der Waals surface area contributed by atoms with Crippen molar-refractivity contribution >= 4 is 23.4 Å². The van der Waals surface area contributed by atoms with E-state index in [0.717, 1.165) is 6.42 Å². The van der Waals surface area contributed by atoms with Crippen LogP contribution >= 0.6 is 11.6 Å². The monoisotopic (exact) mass is 322 g/mol. The Morgan fingerprint density at radius 2 is 2.09 bits per heavy atom. The number of hydrogen-bond donors (Lipinski definition) is 0. The Kier molecular flexibility index (Phi) is 4.10. The van der Waals surface area contributed by atoms with E-state index >= 15 is 0 Å². The molecular weight excluding hydrogens is 304 g/mol. The summed E-state index contributed by atoms with van der Waals surface area (Å²) in [5.41, 5.74) is 0.359. The van der Waals surface area contributed by atoms with Gasteiger partial charge in [0.25, 0.3) is 5.91 Å². The molecule has 1 atom stereocenters. The number of nitrogens with zero attached hydrogens (tertiary/aromatic N) is 2. The van der Waals surface area contributed by atoms with Gasteiger partial charge in [-0.1, -0.05) is 23.7 Å². The van der Waals surface area contributed by atoms with E-state index in [0.29, 0.717) is 36.8 Å². The summed E-state index contributed by atoms with van der Waals surface area (Å²) >= 11 is 6.12. The molecule has 1 aromatic rings. The SMILES string of the molecule is CN1CC2(CCN(C(=O)c3ccccc3Cl)C2)COCC1=O. The predicted octanol–water partition coefficient (Wildman–Crippen LogP) is 1.66. The van der Waals surface area contributed by atoms with Crippen LogP contribution in [0, 0.1) is 5.41 Å². The maximum absolute atomic E-state index is 12.6. The summed E-state index contributed by atoms with van der Waals surface area (Å²) in [6, 6.07) is 7.09. The number of ether oxygens (including phenoxy) is 1. The van der Waals surface area contributed by atoms with E-state index in [-0.39, 0.29) is 23.8 Å². The number of hydrogen-bond acceptors (Lipinski definition) is 3. The van der Waals surface area contributed by atoms with E-state index in [9.17, 15) is 9.59 Å². The van der Waals surface area contributed by atoms with Crippen LogP contribution in [0.4, 0.5) is 0 Å². The van der Waals surface area contributed by atoms with Crippen molar-refractivity contribution in [3.05, 3.63) is 34.9 Å². The second-order valence-corrected chi connectivity index (χ2v) is 6.61. The van der Waals surface area contributed by atoms with Crippen molar-refractivity contribution < 1.29 is 14.3 Å². The van der Waals surface area contributed by atoms with E-state index in [4.69, 9.17) is 16.3 Å². The molecule has 0 aromatic heterocycles. The van der Waals surface area contributed by atoms with Gasteiger partial charge < -0.3 is 14.5 Å². The Bertz CT molecular complexity index is 607. The second kappa shape index (κ2) is 5.89. The van der Waals surface area contributed by atoms with Gasteiger partial charge in [0.05, 0.1) is 17.2 Å². The average molecular weight is 323 g/mol. The van der Waals surface area contributed by atoms with Crippen LogP contribution < -0.4 is 0 Å². The van der Waals surface area contributed by atoms with E-state index in [1.165, 1.54) is 0 Å². The molecule has 22 heavy (non-hydrogen) atoms. The molecule has 118 valence electrons. The minimum atomic E-state index is -0.169. The summed E-state index contributed by atoms with van der Waals surface area (Å²) in [7, 11) is 1.79. The fourth-order valence-electron chi connectivity index (χ4n) is 3.26. The Balaban J connectivity index is 1.76. The van der Waals surface area contributed by atoms with E-state index in [2.05, 4.69) is 0 Å². The molecule has 2 saturated heterocycles. The largest absolute Gasteiger partial charge is 0.371 e. The number of likely N-dealkylation sites (tertiary alicyclic amines) is 1. The smallest absolute Gasteiger partial charge is 0.255 e. The highest BCUT2D eigenvalue weighted by Gasteiger charge is 2.43. The Hall–Kier alpha value is -1.59. The Labute approximate surface area is 134 Å². The van der Waals surface area contributed by atoms with Crippen molar-refractivity contribution in [3.63, 3.8) is 0 Å². The quantitative estimate of drug-likeness (QED) is 0.790. The van der Waals surface area contributed by atoms with Crippen LogP contribution in [0.15, 0.2) is 24.3 Å². The first-order valence-corrected chi connectivity index (χ1v) is 7.74. The van der Waals surface area contributed by atoms with Crippen LogP contribution in [0.1, 0.15) is 16.8 Å². The van der Waals surface area contributed by atoms with Gasteiger partial charge in [-0.25, -0.2) is 0 Å². The maximum atomic E-state index is 12.6. The van der Waals surface area contributed by atoms with Crippen molar-refractivity contribution in [1.29, 1.82) is 0 Å². The molecule has 5 nitrogen and oxygen atoms in total. The molecule has 2 aliphatic heterocycles. The molecule has 6 heteroatoms. The highest BCUT2D eigenvalue weighted by molar-refractivity contribution is 6.33. The molecular formula is C16H19ClN2O3. The number of carbonyl (C=O) groups is 2. The number of carbonyl (C=O) groups excluding carboxylic acids is 2. The van der Waals surface area contributed by atoms with Gasteiger partial charge >= 0.3 is 0 Å².